The van der Waals surface area contributed by atoms with E-state index in [9.17, 15) is 0 Å². The highest BCUT2D eigenvalue weighted by atomic mass is 35.5. The minimum Gasteiger partial charge on any atom is -1.00 e. The van der Waals surface area contributed by atoms with Crippen molar-refractivity contribution in [2.24, 2.45) is 0 Å². The van der Waals surface area contributed by atoms with E-state index in [1.807, 2.05) is 21.1 Å². The molecule has 0 amide bonds. The first kappa shape index (κ1) is 17.8. The molecule has 0 aromatic carbocycles. The van der Waals surface area contributed by atoms with Crippen LogP contribution in [0.5, 0.6) is 0 Å². The van der Waals surface area contributed by atoms with Crippen LogP contribution in [0.2, 0.25) is 0 Å². The van der Waals surface area contributed by atoms with Crippen molar-refractivity contribution in [3.8, 4) is 0 Å². The van der Waals surface area contributed by atoms with Gasteiger partial charge in [0.25, 0.3) is 0 Å². The molecule has 2 rings (SSSR count). The summed E-state index contributed by atoms with van der Waals surface area (Å²) in [4.78, 5) is 15.5. The maximum absolute atomic E-state index is 8.91. The van der Waals surface area contributed by atoms with Crippen LogP contribution in [-0.4, -0.2) is 80.7 Å². The molecule has 2 N–H and O–H groups in total. The van der Waals surface area contributed by atoms with Crippen molar-refractivity contribution in [3.05, 3.63) is 0 Å². The summed E-state index contributed by atoms with van der Waals surface area (Å²) in [5, 5.41) is 11.9. The predicted octanol–water partition coefficient (Wildman–Crippen LogP) is -3.69. The molecule has 0 saturated carbocycles. The van der Waals surface area contributed by atoms with Crippen molar-refractivity contribution in [2.45, 2.75) is 0 Å². The number of quaternary nitrogens is 1. The maximum atomic E-state index is 8.91. The molecule has 1 saturated heterocycles. The molecule has 1 aliphatic rings. The number of ether oxygens (including phenoxy) is 1. The Morgan fingerprint density at radius 1 is 1.19 bits per heavy atom. The van der Waals surface area contributed by atoms with E-state index in [0.717, 1.165) is 13.1 Å². The first-order chi connectivity index (χ1) is 9.50. The van der Waals surface area contributed by atoms with Crippen molar-refractivity contribution < 1.29 is 22.3 Å². The second kappa shape index (κ2) is 7.69. The Hall–Kier alpha value is -1.22. The Morgan fingerprint density at radius 3 is 2.43 bits per heavy atom. The summed E-state index contributed by atoms with van der Waals surface area (Å²) < 4.78 is 5.86. The minimum atomic E-state index is 0. The highest BCUT2D eigenvalue weighted by Crippen LogP contribution is 2.18. The molecule has 0 aliphatic carbocycles. The van der Waals surface area contributed by atoms with Crippen molar-refractivity contribution in [3.63, 3.8) is 0 Å². The quantitative estimate of drug-likeness (QED) is 0.541. The zero-order valence-corrected chi connectivity index (χ0v) is 13.5. The number of hydrogen-bond acceptors (Lipinski definition) is 7. The number of aliphatic hydroxyl groups excluding tert-OH is 1. The predicted molar refractivity (Wildman–Crippen MR) is 78.0 cm³/mol. The third-order valence-corrected chi connectivity index (χ3v) is 2.90. The van der Waals surface area contributed by atoms with E-state index >= 15 is 0 Å². The van der Waals surface area contributed by atoms with Crippen LogP contribution in [0.15, 0.2) is 0 Å². The van der Waals surface area contributed by atoms with Gasteiger partial charge >= 0.3 is 5.95 Å². The molecule has 0 radical (unpaired) electrons. The van der Waals surface area contributed by atoms with E-state index in [1.165, 1.54) is 0 Å². The summed E-state index contributed by atoms with van der Waals surface area (Å²) in [6.07, 6.45) is 0. The monoisotopic (exact) mass is 318 g/mol. The van der Waals surface area contributed by atoms with Gasteiger partial charge in [-0.15, -0.1) is 9.97 Å². The number of rotatable bonds is 5. The Morgan fingerprint density at radius 2 is 1.86 bits per heavy atom. The van der Waals surface area contributed by atoms with Gasteiger partial charge in [-0.05, 0) is 0 Å². The smallest absolute Gasteiger partial charge is 0.334 e. The number of anilines is 2. The third-order valence-electron chi connectivity index (χ3n) is 2.90. The number of nitrogens with zero attached hydrogens (tertiary/aromatic N) is 5. The van der Waals surface area contributed by atoms with Crippen LogP contribution in [0, 0.1) is 0 Å². The topological polar surface area (TPSA) is 83.4 Å². The fraction of sp³-hybridized carbons (Fsp3) is 0.750. The SMILES string of the molecule is C[N+](C)(C)c1nc(NCCO)nc(N2CCOCC2)n1.[Cl-]. The van der Waals surface area contributed by atoms with Crippen molar-refractivity contribution in [1.29, 1.82) is 0 Å². The number of aliphatic hydroxyl groups is 1. The summed E-state index contributed by atoms with van der Waals surface area (Å²) >= 11 is 0. The summed E-state index contributed by atoms with van der Waals surface area (Å²) in [6.45, 7) is 3.39. The van der Waals surface area contributed by atoms with Crippen molar-refractivity contribution in [2.75, 3.05) is 70.8 Å². The van der Waals surface area contributed by atoms with E-state index < -0.39 is 0 Å². The van der Waals surface area contributed by atoms with Gasteiger partial charge in [0.2, 0.25) is 11.9 Å². The van der Waals surface area contributed by atoms with Gasteiger partial charge in [0.05, 0.1) is 41.0 Å². The van der Waals surface area contributed by atoms with Crippen LogP contribution in [0.1, 0.15) is 0 Å². The van der Waals surface area contributed by atoms with Crippen LogP contribution >= 0.6 is 0 Å². The fourth-order valence-electron chi connectivity index (χ4n) is 1.81. The molecule has 0 spiro atoms. The molecule has 2 heterocycles. The Balaban J connectivity index is 0.00000220. The Bertz CT molecular complexity index is 448. The number of nitrogens with one attached hydrogen (secondary N) is 1. The van der Waals surface area contributed by atoms with E-state index in [4.69, 9.17) is 9.84 Å². The molecule has 0 atom stereocenters. The third kappa shape index (κ3) is 4.92. The fourth-order valence-corrected chi connectivity index (χ4v) is 1.81. The van der Waals surface area contributed by atoms with Crippen LogP contribution in [0.25, 0.3) is 0 Å². The van der Waals surface area contributed by atoms with Crippen LogP contribution < -0.4 is 27.1 Å². The molecule has 0 unspecified atom stereocenters. The normalized spacial score (nSPS) is 15.5. The number of morpholine rings is 1. The van der Waals surface area contributed by atoms with Crippen LogP contribution in [-0.2, 0) is 4.74 Å². The Labute approximate surface area is 131 Å². The van der Waals surface area contributed by atoms with Gasteiger partial charge in [-0.25, -0.2) is 0 Å². The summed E-state index contributed by atoms with van der Waals surface area (Å²) in [6, 6.07) is 0. The first-order valence-electron chi connectivity index (χ1n) is 6.76. The van der Waals surface area contributed by atoms with E-state index in [1.54, 1.807) is 0 Å². The molecule has 21 heavy (non-hydrogen) atoms. The van der Waals surface area contributed by atoms with Crippen LogP contribution in [0.4, 0.5) is 17.8 Å². The average Bonchev–Trinajstić information content (AvgIpc) is 2.45. The molecular weight excluding hydrogens is 296 g/mol. The lowest BCUT2D eigenvalue weighted by Gasteiger charge is -2.28. The van der Waals surface area contributed by atoms with Gasteiger partial charge in [-0.3, -0.25) is 4.48 Å². The van der Waals surface area contributed by atoms with Gasteiger partial charge < -0.3 is 32.5 Å². The summed E-state index contributed by atoms with van der Waals surface area (Å²) in [5.74, 6) is 1.84. The molecular formula is C12H23ClN6O2. The lowest BCUT2D eigenvalue weighted by molar-refractivity contribution is -0.00000642. The number of hydrogen-bond donors (Lipinski definition) is 2. The van der Waals surface area contributed by atoms with E-state index in [0.29, 0.717) is 42.1 Å². The standard InChI is InChI=1S/C12H23N6O2.ClH/c1-18(2,3)12-15-10(13-4-7-19)14-11(16-12)17-5-8-20-9-6-17;/h19H,4-9H2,1-3H3,(H,13,14,15,16);1H/q+1;/p-1. The van der Waals surface area contributed by atoms with Crippen molar-refractivity contribution in [1.82, 2.24) is 19.4 Å². The maximum Gasteiger partial charge on any atom is 0.334 e. The van der Waals surface area contributed by atoms with E-state index in [-0.39, 0.29) is 19.0 Å². The largest absolute Gasteiger partial charge is 1.00 e. The summed E-state index contributed by atoms with van der Waals surface area (Å²) in [7, 11) is 6.02. The molecule has 1 aromatic heterocycles. The number of halogens is 1. The zero-order valence-electron chi connectivity index (χ0n) is 12.7. The van der Waals surface area contributed by atoms with Gasteiger partial charge in [-0.1, -0.05) is 0 Å². The number of aromatic nitrogens is 3. The second-order valence-corrected chi connectivity index (χ2v) is 5.52. The highest BCUT2D eigenvalue weighted by Gasteiger charge is 2.23. The summed E-state index contributed by atoms with van der Waals surface area (Å²) in [5.41, 5.74) is 0. The van der Waals surface area contributed by atoms with Gasteiger partial charge in [0.15, 0.2) is 0 Å². The second-order valence-electron chi connectivity index (χ2n) is 5.52. The molecule has 8 nitrogen and oxygen atoms in total. The van der Waals surface area contributed by atoms with E-state index in [2.05, 4.69) is 25.2 Å². The molecule has 0 bridgehead atoms. The molecule has 120 valence electrons. The lowest BCUT2D eigenvalue weighted by atomic mass is 10.4. The molecule has 1 fully saturated rings. The van der Waals surface area contributed by atoms with Gasteiger partial charge in [0, 0.05) is 19.6 Å². The van der Waals surface area contributed by atoms with Gasteiger partial charge in [0.1, 0.15) is 0 Å². The molecule has 9 heteroatoms. The van der Waals surface area contributed by atoms with Crippen molar-refractivity contribution >= 4 is 17.8 Å². The minimum absolute atomic E-state index is 0. The average molecular weight is 319 g/mol. The lowest BCUT2D eigenvalue weighted by Crippen LogP contribution is -3.00. The molecule has 1 aromatic rings. The highest BCUT2D eigenvalue weighted by molar-refractivity contribution is 5.43. The Kier molecular flexibility index (Phi) is 6.53. The molecule has 1 aliphatic heterocycles. The van der Waals surface area contributed by atoms with Gasteiger partial charge in [-0.2, -0.15) is 4.98 Å². The first-order valence-corrected chi connectivity index (χ1v) is 6.76. The zero-order chi connectivity index (χ0) is 14.6. The van der Waals surface area contributed by atoms with Crippen LogP contribution in [0.3, 0.4) is 0 Å².